The van der Waals surface area contributed by atoms with Gasteiger partial charge in [0.2, 0.25) is 11.7 Å². The number of nitrogens with zero attached hydrogens (tertiary/aromatic N) is 3. The van der Waals surface area contributed by atoms with Crippen LogP contribution in [0.25, 0.3) is 0 Å². The third kappa shape index (κ3) is 4.70. The second-order valence-corrected chi connectivity index (χ2v) is 7.99. The van der Waals surface area contributed by atoms with Crippen LogP contribution in [0, 0.1) is 12.7 Å². The highest BCUT2D eigenvalue weighted by Crippen LogP contribution is 2.33. The van der Waals surface area contributed by atoms with E-state index >= 15 is 0 Å². The van der Waals surface area contributed by atoms with Crippen LogP contribution in [0.3, 0.4) is 0 Å². The van der Waals surface area contributed by atoms with Crippen molar-refractivity contribution in [3.63, 3.8) is 0 Å². The standard InChI is InChI=1S/C23H23BrFN3O/c1-5-28(21-11-8-17(14(2)3)13-19(21)24)23-26-15(4)12-20(27-23)22(29)16-6-9-18(25)10-7-16/h6-14H,5H2,1-4H3. The van der Waals surface area contributed by atoms with Crippen LogP contribution >= 0.6 is 15.9 Å². The zero-order valence-corrected chi connectivity index (χ0v) is 18.5. The van der Waals surface area contributed by atoms with Gasteiger partial charge in [0, 0.05) is 22.3 Å². The number of hydrogen-bond acceptors (Lipinski definition) is 4. The summed E-state index contributed by atoms with van der Waals surface area (Å²) in [7, 11) is 0. The maximum Gasteiger partial charge on any atom is 0.230 e. The Balaban J connectivity index is 2.01. The first kappa shape index (κ1) is 21.1. The number of ketones is 1. The minimum atomic E-state index is -0.382. The van der Waals surface area contributed by atoms with E-state index in [0.29, 0.717) is 29.7 Å². The van der Waals surface area contributed by atoms with E-state index < -0.39 is 0 Å². The summed E-state index contributed by atoms with van der Waals surface area (Å²) < 4.78 is 14.1. The summed E-state index contributed by atoms with van der Waals surface area (Å²) in [6, 6.07) is 13.4. The van der Waals surface area contributed by atoms with Crippen molar-refractivity contribution in [2.45, 2.75) is 33.6 Å². The predicted molar refractivity (Wildman–Crippen MR) is 118 cm³/mol. The molecule has 0 fully saturated rings. The van der Waals surface area contributed by atoms with Gasteiger partial charge in [0.15, 0.2) is 0 Å². The number of halogens is 2. The number of hydrogen-bond donors (Lipinski definition) is 0. The third-order valence-corrected chi connectivity index (χ3v) is 5.30. The second kappa shape index (κ2) is 8.82. The Morgan fingerprint density at radius 3 is 2.38 bits per heavy atom. The molecule has 150 valence electrons. The highest BCUT2D eigenvalue weighted by Gasteiger charge is 2.19. The Kier molecular flexibility index (Phi) is 6.42. The van der Waals surface area contributed by atoms with Crippen molar-refractivity contribution in [3.8, 4) is 0 Å². The molecule has 29 heavy (non-hydrogen) atoms. The van der Waals surface area contributed by atoms with Gasteiger partial charge in [-0.05, 0) is 83.7 Å². The summed E-state index contributed by atoms with van der Waals surface area (Å²) in [6.45, 7) is 8.77. The van der Waals surface area contributed by atoms with Gasteiger partial charge in [-0.3, -0.25) is 4.79 Å². The first-order valence-corrected chi connectivity index (χ1v) is 10.3. The fourth-order valence-electron chi connectivity index (χ4n) is 3.06. The topological polar surface area (TPSA) is 46.1 Å². The average molecular weight is 456 g/mol. The van der Waals surface area contributed by atoms with Crippen LogP contribution in [-0.4, -0.2) is 22.3 Å². The molecule has 0 bridgehead atoms. The Hall–Kier alpha value is -2.60. The minimum absolute atomic E-state index is 0.262. The van der Waals surface area contributed by atoms with Gasteiger partial charge in [0.25, 0.3) is 0 Å². The molecular weight excluding hydrogens is 433 g/mol. The van der Waals surface area contributed by atoms with Crippen molar-refractivity contribution in [1.82, 2.24) is 9.97 Å². The monoisotopic (exact) mass is 455 g/mol. The number of aromatic nitrogens is 2. The number of carbonyl (C=O) groups is 1. The Morgan fingerprint density at radius 1 is 1.10 bits per heavy atom. The lowest BCUT2D eigenvalue weighted by atomic mass is 10.0. The first-order valence-electron chi connectivity index (χ1n) is 9.53. The summed E-state index contributed by atoms with van der Waals surface area (Å²) >= 11 is 3.66. The number of benzene rings is 2. The smallest absolute Gasteiger partial charge is 0.230 e. The van der Waals surface area contributed by atoms with Gasteiger partial charge in [-0.15, -0.1) is 0 Å². The van der Waals surface area contributed by atoms with Crippen molar-refractivity contribution >= 4 is 33.3 Å². The van der Waals surface area contributed by atoms with Gasteiger partial charge in [0.1, 0.15) is 11.5 Å². The summed E-state index contributed by atoms with van der Waals surface area (Å²) in [4.78, 5) is 23.9. The van der Waals surface area contributed by atoms with E-state index in [9.17, 15) is 9.18 Å². The van der Waals surface area contributed by atoms with Crippen molar-refractivity contribution < 1.29 is 9.18 Å². The van der Waals surface area contributed by atoms with E-state index in [4.69, 9.17) is 0 Å². The number of carbonyl (C=O) groups excluding carboxylic acids is 1. The van der Waals surface area contributed by atoms with Crippen LogP contribution in [0.1, 0.15) is 54.0 Å². The quantitative estimate of drug-likeness (QED) is 0.415. The summed E-state index contributed by atoms with van der Waals surface area (Å²) in [5.74, 6) is 0.233. The molecule has 0 unspecified atom stereocenters. The highest BCUT2D eigenvalue weighted by atomic mass is 79.9. The molecule has 0 aliphatic carbocycles. The molecule has 0 saturated carbocycles. The molecule has 1 heterocycles. The Labute approximate surface area is 178 Å². The molecule has 0 aliphatic rings. The number of anilines is 2. The molecule has 6 heteroatoms. The van der Waals surface area contributed by atoms with Crippen LogP contribution < -0.4 is 4.90 Å². The average Bonchev–Trinajstić information content (AvgIpc) is 2.69. The Bertz CT molecular complexity index is 1030. The van der Waals surface area contributed by atoms with E-state index in [1.165, 1.54) is 29.8 Å². The van der Waals surface area contributed by atoms with Gasteiger partial charge in [-0.1, -0.05) is 19.9 Å². The molecule has 0 saturated heterocycles. The van der Waals surface area contributed by atoms with Crippen LogP contribution in [0.2, 0.25) is 0 Å². The summed E-state index contributed by atoms with van der Waals surface area (Å²) in [6.07, 6.45) is 0. The maximum absolute atomic E-state index is 13.2. The molecule has 0 atom stereocenters. The molecule has 2 aromatic carbocycles. The van der Waals surface area contributed by atoms with Gasteiger partial charge in [-0.2, -0.15) is 0 Å². The fourth-order valence-corrected chi connectivity index (χ4v) is 3.67. The molecule has 0 radical (unpaired) electrons. The van der Waals surface area contributed by atoms with Crippen molar-refractivity contribution in [1.29, 1.82) is 0 Å². The highest BCUT2D eigenvalue weighted by molar-refractivity contribution is 9.10. The largest absolute Gasteiger partial charge is 0.310 e. The van der Waals surface area contributed by atoms with Gasteiger partial charge < -0.3 is 4.90 Å². The van der Waals surface area contributed by atoms with Crippen LogP contribution in [0.4, 0.5) is 16.0 Å². The Morgan fingerprint density at radius 2 is 1.79 bits per heavy atom. The van der Waals surface area contributed by atoms with Gasteiger partial charge in [-0.25, -0.2) is 14.4 Å². The van der Waals surface area contributed by atoms with E-state index in [1.807, 2.05) is 24.8 Å². The molecule has 3 aromatic rings. The SMILES string of the molecule is CCN(c1nc(C)cc(C(=O)c2ccc(F)cc2)n1)c1ccc(C(C)C)cc1Br. The van der Waals surface area contributed by atoms with Gasteiger partial charge >= 0.3 is 0 Å². The van der Waals surface area contributed by atoms with Crippen molar-refractivity contribution in [2.75, 3.05) is 11.4 Å². The molecule has 4 nitrogen and oxygen atoms in total. The fraction of sp³-hybridized carbons (Fsp3) is 0.261. The minimum Gasteiger partial charge on any atom is -0.310 e. The van der Waals surface area contributed by atoms with E-state index in [2.05, 4.69) is 51.9 Å². The van der Waals surface area contributed by atoms with Crippen LogP contribution in [-0.2, 0) is 0 Å². The second-order valence-electron chi connectivity index (χ2n) is 7.14. The lowest BCUT2D eigenvalue weighted by Crippen LogP contribution is -2.21. The molecular formula is C23H23BrFN3O. The van der Waals surface area contributed by atoms with E-state index in [0.717, 1.165) is 10.2 Å². The van der Waals surface area contributed by atoms with Crippen LogP contribution in [0.15, 0.2) is 53.0 Å². The molecule has 0 amide bonds. The maximum atomic E-state index is 13.2. The zero-order valence-electron chi connectivity index (χ0n) is 16.9. The normalized spacial score (nSPS) is 11.0. The van der Waals surface area contributed by atoms with Crippen LogP contribution in [0.5, 0.6) is 0 Å². The molecule has 0 spiro atoms. The summed E-state index contributed by atoms with van der Waals surface area (Å²) in [5, 5.41) is 0. The predicted octanol–water partition coefficient (Wildman–Crippen LogP) is 6.20. The molecule has 1 aromatic heterocycles. The zero-order chi connectivity index (χ0) is 21.1. The molecule has 0 aliphatic heterocycles. The van der Waals surface area contributed by atoms with Crippen molar-refractivity contribution in [2.24, 2.45) is 0 Å². The lowest BCUT2D eigenvalue weighted by Gasteiger charge is -2.24. The number of aryl methyl sites for hydroxylation is 1. The molecule has 3 rings (SSSR count). The first-order chi connectivity index (χ1) is 13.8. The third-order valence-electron chi connectivity index (χ3n) is 4.67. The van der Waals surface area contributed by atoms with Crippen molar-refractivity contribution in [3.05, 3.63) is 81.3 Å². The van der Waals surface area contributed by atoms with E-state index in [1.54, 1.807) is 6.07 Å². The lowest BCUT2D eigenvalue weighted by molar-refractivity contribution is 0.103. The number of rotatable bonds is 6. The molecule has 0 N–H and O–H groups in total. The van der Waals surface area contributed by atoms with Gasteiger partial charge in [0.05, 0.1) is 5.69 Å². The van der Waals surface area contributed by atoms with E-state index in [-0.39, 0.29) is 17.3 Å². The summed E-state index contributed by atoms with van der Waals surface area (Å²) in [5.41, 5.74) is 3.53.